The molecule has 0 saturated carbocycles. The highest BCUT2D eigenvalue weighted by Gasteiger charge is 2.26. The Morgan fingerprint density at radius 2 is 1.96 bits per heavy atom. The number of amides is 1. The Balaban J connectivity index is 2.09. The van der Waals surface area contributed by atoms with E-state index in [2.05, 4.69) is 5.10 Å². The first-order valence-corrected chi connectivity index (χ1v) is 7.17. The van der Waals surface area contributed by atoms with Crippen LogP contribution < -0.4 is 5.32 Å². The first-order chi connectivity index (χ1) is 11.9. The van der Waals surface area contributed by atoms with Crippen LogP contribution in [0, 0.1) is 17.5 Å². The lowest BCUT2D eigenvalue weighted by atomic mass is 10.3. The van der Waals surface area contributed by atoms with Crippen LogP contribution in [0.5, 0.6) is 0 Å². The normalized spacial score (nSPS) is 11.7. The van der Waals surface area contributed by atoms with Crippen molar-refractivity contribution in [2.75, 3.05) is 11.9 Å². The average Bonchev–Trinajstić information content (AvgIpc) is 3.03. The molecule has 1 aromatic carbocycles. The maximum absolute atomic E-state index is 13.5. The second-order valence-electron chi connectivity index (χ2n) is 4.74. The second-order valence-corrected chi connectivity index (χ2v) is 4.74. The van der Waals surface area contributed by atoms with Crippen molar-refractivity contribution in [2.24, 2.45) is 0 Å². The molecule has 1 amide bonds. The number of rotatable bonds is 6. The number of hydrogen-bond acceptors (Lipinski definition) is 5. The molecular weight excluding hydrogens is 343 g/mol. The fourth-order valence-electron chi connectivity index (χ4n) is 1.90. The third-order valence-corrected chi connectivity index (χ3v) is 2.94. The molecule has 0 aliphatic rings. The van der Waals surface area contributed by atoms with E-state index in [0.717, 1.165) is 0 Å². The van der Waals surface area contributed by atoms with Gasteiger partial charge >= 0.3 is 12.1 Å². The second kappa shape index (κ2) is 8.18. The van der Waals surface area contributed by atoms with Crippen LogP contribution in [0.15, 0.2) is 30.6 Å². The molecule has 2 rings (SSSR count). The summed E-state index contributed by atoms with van der Waals surface area (Å²) >= 11 is 0. The van der Waals surface area contributed by atoms with E-state index < -0.39 is 41.3 Å². The number of nitrogens with one attached hydrogen (secondary N) is 1. The van der Waals surface area contributed by atoms with Gasteiger partial charge < -0.3 is 9.47 Å². The summed E-state index contributed by atoms with van der Waals surface area (Å²) in [7, 11) is 0. The molecule has 0 aliphatic carbocycles. The van der Waals surface area contributed by atoms with Gasteiger partial charge in [-0.2, -0.15) is 5.10 Å². The molecule has 1 unspecified atom stereocenters. The number of carbonyl (C=O) groups is 2. The van der Waals surface area contributed by atoms with Crippen LogP contribution >= 0.6 is 0 Å². The van der Waals surface area contributed by atoms with Crippen LogP contribution in [-0.2, 0) is 20.8 Å². The predicted octanol–water partition coefficient (Wildman–Crippen LogP) is 2.48. The molecule has 0 spiro atoms. The largest absolute Gasteiger partial charge is 0.463 e. The fraction of sp³-hybridized carbons (Fsp3) is 0.267. The Labute approximate surface area is 140 Å². The Hall–Kier alpha value is -3.04. The molecule has 2 aromatic rings. The molecule has 0 aliphatic heterocycles. The summed E-state index contributed by atoms with van der Waals surface area (Å²) in [6.45, 7) is 1.44. The molecule has 1 atom stereocenters. The highest BCUT2D eigenvalue weighted by Crippen LogP contribution is 2.20. The average molecular weight is 357 g/mol. The fourth-order valence-corrected chi connectivity index (χ4v) is 1.90. The van der Waals surface area contributed by atoms with E-state index in [4.69, 9.17) is 9.47 Å². The summed E-state index contributed by atoms with van der Waals surface area (Å²) in [6, 6.07) is 2.38. The lowest BCUT2D eigenvalue weighted by Crippen LogP contribution is -2.35. The molecule has 134 valence electrons. The van der Waals surface area contributed by atoms with Gasteiger partial charge in [-0.1, -0.05) is 0 Å². The minimum atomic E-state index is -1.40. The van der Waals surface area contributed by atoms with Gasteiger partial charge in [0.15, 0.2) is 11.6 Å². The van der Waals surface area contributed by atoms with Crippen molar-refractivity contribution >= 4 is 17.7 Å². The van der Waals surface area contributed by atoms with Gasteiger partial charge in [0.25, 0.3) is 0 Å². The molecule has 0 bridgehead atoms. The van der Waals surface area contributed by atoms with Crippen LogP contribution in [-0.4, -0.2) is 34.6 Å². The van der Waals surface area contributed by atoms with Crippen molar-refractivity contribution in [3.8, 4) is 0 Å². The first kappa shape index (κ1) is 18.3. The highest BCUT2D eigenvalue weighted by atomic mass is 19.1. The number of ether oxygens (including phenoxy) is 2. The van der Waals surface area contributed by atoms with E-state index in [1.807, 2.05) is 0 Å². The van der Waals surface area contributed by atoms with Gasteiger partial charge in [-0.05, 0) is 13.0 Å². The number of esters is 1. The number of aromatic nitrogens is 2. The van der Waals surface area contributed by atoms with Crippen LogP contribution in [0.1, 0.15) is 6.92 Å². The quantitative estimate of drug-likeness (QED) is 0.803. The molecule has 25 heavy (non-hydrogen) atoms. The zero-order valence-corrected chi connectivity index (χ0v) is 13.0. The Morgan fingerprint density at radius 1 is 1.28 bits per heavy atom. The third-order valence-electron chi connectivity index (χ3n) is 2.94. The van der Waals surface area contributed by atoms with Gasteiger partial charge in [0.05, 0.1) is 13.2 Å². The SMILES string of the molecule is CCOC(=O)C(Cn1cccn1)OC(=O)Nc1c(F)cc(F)cc1F. The van der Waals surface area contributed by atoms with E-state index >= 15 is 0 Å². The molecule has 0 saturated heterocycles. The van der Waals surface area contributed by atoms with E-state index in [9.17, 15) is 22.8 Å². The smallest absolute Gasteiger partial charge is 0.412 e. The van der Waals surface area contributed by atoms with E-state index in [-0.39, 0.29) is 13.2 Å². The van der Waals surface area contributed by atoms with Crippen LogP contribution in [0.2, 0.25) is 0 Å². The van der Waals surface area contributed by atoms with Crippen LogP contribution in [0.3, 0.4) is 0 Å². The summed E-state index contributed by atoms with van der Waals surface area (Å²) in [6.07, 6.45) is 0.263. The van der Waals surface area contributed by atoms with Crippen molar-refractivity contribution in [2.45, 2.75) is 19.6 Å². The van der Waals surface area contributed by atoms with Crippen LogP contribution in [0.4, 0.5) is 23.7 Å². The number of carbonyl (C=O) groups excluding carboxylic acids is 2. The Morgan fingerprint density at radius 3 is 2.52 bits per heavy atom. The summed E-state index contributed by atoms with van der Waals surface area (Å²) in [5.74, 6) is -4.64. The lowest BCUT2D eigenvalue weighted by Gasteiger charge is -2.17. The topological polar surface area (TPSA) is 82.5 Å². The number of anilines is 1. The molecule has 1 heterocycles. The predicted molar refractivity (Wildman–Crippen MR) is 79.1 cm³/mol. The monoisotopic (exact) mass is 357 g/mol. The van der Waals surface area contributed by atoms with Crippen molar-refractivity contribution in [3.05, 3.63) is 48.0 Å². The summed E-state index contributed by atoms with van der Waals surface area (Å²) in [4.78, 5) is 23.7. The number of hydrogen-bond donors (Lipinski definition) is 1. The molecular formula is C15H14F3N3O4. The number of nitrogens with zero attached hydrogens (tertiary/aromatic N) is 2. The van der Waals surface area contributed by atoms with Crippen LogP contribution in [0.25, 0.3) is 0 Å². The number of halogens is 3. The molecule has 0 radical (unpaired) electrons. The van der Waals surface area contributed by atoms with Gasteiger partial charge in [0.1, 0.15) is 11.5 Å². The third kappa shape index (κ3) is 4.96. The maximum atomic E-state index is 13.5. The van der Waals surface area contributed by atoms with E-state index in [0.29, 0.717) is 12.1 Å². The standard InChI is InChI=1S/C15H14F3N3O4/c1-2-24-14(22)12(8-21-5-3-4-19-21)25-15(23)20-13-10(17)6-9(16)7-11(13)18/h3-7,12H,2,8H2,1H3,(H,20,23). The van der Waals surface area contributed by atoms with Crippen molar-refractivity contribution in [1.29, 1.82) is 0 Å². The highest BCUT2D eigenvalue weighted by molar-refractivity contribution is 5.87. The van der Waals surface area contributed by atoms with Crippen molar-refractivity contribution in [3.63, 3.8) is 0 Å². The summed E-state index contributed by atoms with van der Waals surface area (Å²) in [5, 5.41) is 5.66. The molecule has 1 N–H and O–H groups in total. The van der Waals surface area contributed by atoms with Crippen molar-refractivity contribution in [1.82, 2.24) is 9.78 Å². The Kier molecular flexibility index (Phi) is 5.98. The van der Waals surface area contributed by atoms with Gasteiger partial charge in [-0.3, -0.25) is 10.00 Å². The van der Waals surface area contributed by atoms with Crippen molar-refractivity contribution < 1.29 is 32.2 Å². The Bertz CT molecular complexity index is 729. The zero-order valence-electron chi connectivity index (χ0n) is 13.0. The molecule has 0 fully saturated rings. The van der Waals surface area contributed by atoms with Gasteiger partial charge in [0, 0.05) is 24.5 Å². The molecule has 10 heteroatoms. The first-order valence-electron chi connectivity index (χ1n) is 7.17. The summed E-state index contributed by atoms with van der Waals surface area (Å²) < 4.78 is 50.9. The zero-order chi connectivity index (χ0) is 18.4. The van der Waals surface area contributed by atoms with E-state index in [1.165, 1.54) is 17.1 Å². The minimum absolute atomic E-state index is 0.0423. The van der Waals surface area contributed by atoms with Gasteiger partial charge in [-0.25, -0.2) is 22.8 Å². The lowest BCUT2D eigenvalue weighted by molar-refractivity contribution is -0.153. The summed E-state index contributed by atoms with van der Waals surface area (Å²) in [5.41, 5.74) is -0.895. The maximum Gasteiger partial charge on any atom is 0.412 e. The molecule has 7 nitrogen and oxygen atoms in total. The number of benzene rings is 1. The minimum Gasteiger partial charge on any atom is -0.463 e. The van der Waals surface area contributed by atoms with E-state index in [1.54, 1.807) is 18.3 Å². The van der Waals surface area contributed by atoms with Gasteiger partial charge in [-0.15, -0.1) is 0 Å². The molecule has 1 aromatic heterocycles. The van der Waals surface area contributed by atoms with Gasteiger partial charge in [0.2, 0.25) is 6.10 Å².